The highest BCUT2D eigenvalue weighted by Crippen LogP contribution is 2.18. The average Bonchev–Trinajstić information content (AvgIpc) is 2.72. The molecule has 0 aliphatic carbocycles. The summed E-state index contributed by atoms with van der Waals surface area (Å²) in [5, 5.41) is 9.38. The van der Waals surface area contributed by atoms with Gasteiger partial charge in [0.1, 0.15) is 0 Å². The molecule has 0 bridgehead atoms. The lowest BCUT2D eigenvalue weighted by atomic mass is 10.2. The molecule has 0 aliphatic rings. The Morgan fingerprint density at radius 2 is 2.05 bits per heavy atom. The molecule has 1 aromatic carbocycles. The van der Waals surface area contributed by atoms with Crippen LogP contribution in [0.2, 0.25) is 0 Å². The molecule has 0 saturated heterocycles. The van der Waals surface area contributed by atoms with Crippen LogP contribution in [0.4, 0.5) is 0 Å². The molecule has 2 rings (SSSR count). The molecule has 0 fully saturated rings. The molecule has 2 aromatic rings. The molecule has 1 heterocycles. The number of aryl methyl sites for hydroxylation is 1. The van der Waals surface area contributed by atoms with Gasteiger partial charge < -0.3 is 5.32 Å². The Hall–Kier alpha value is -1.39. The average molecular weight is 274 g/mol. The largest absolute Gasteiger partial charge is 0.315 e. The first-order chi connectivity index (χ1) is 9.58. The number of fused-ring (bicyclic) bond motifs is 1. The topological polar surface area (TPSA) is 33.1 Å². The second-order valence-corrected chi connectivity index (χ2v) is 5.92. The van der Waals surface area contributed by atoms with E-state index in [1.165, 1.54) is 10.9 Å². The minimum Gasteiger partial charge on any atom is -0.315 e. The van der Waals surface area contributed by atoms with Crippen LogP contribution in [0.3, 0.4) is 0 Å². The first-order valence-corrected chi connectivity index (χ1v) is 7.38. The fourth-order valence-corrected chi connectivity index (χ4v) is 2.40. The van der Waals surface area contributed by atoms with Gasteiger partial charge in [-0.05, 0) is 25.6 Å². The van der Waals surface area contributed by atoms with Crippen LogP contribution in [-0.4, -0.2) is 41.4 Å². The van der Waals surface area contributed by atoms with E-state index in [0.29, 0.717) is 5.92 Å². The molecule has 4 heteroatoms. The number of likely N-dealkylation sites (N-methyl/N-ethyl adjacent to an activating group) is 1. The van der Waals surface area contributed by atoms with E-state index in [1.54, 1.807) is 0 Å². The Labute approximate surface area is 121 Å². The summed E-state index contributed by atoms with van der Waals surface area (Å²) < 4.78 is 1.97. The van der Waals surface area contributed by atoms with Gasteiger partial charge in [0.25, 0.3) is 0 Å². The fourth-order valence-electron chi connectivity index (χ4n) is 2.40. The van der Waals surface area contributed by atoms with E-state index >= 15 is 0 Å². The van der Waals surface area contributed by atoms with E-state index in [0.717, 1.165) is 31.9 Å². The number of rotatable bonds is 7. The smallest absolute Gasteiger partial charge is 0.0843 e. The zero-order valence-corrected chi connectivity index (χ0v) is 13.1. The van der Waals surface area contributed by atoms with Gasteiger partial charge in [-0.25, -0.2) is 0 Å². The highest BCUT2D eigenvalue weighted by atomic mass is 15.3. The van der Waals surface area contributed by atoms with Crippen LogP contribution in [0.25, 0.3) is 10.9 Å². The van der Waals surface area contributed by atoms with Crippen LogP contribution >= 0.6 is 0 Å². The number of nitrogens with zero attached hydrogens (tertiary/aromatic N) is 3. The minimum atomic E-state index is 0.708. The number of hydrogen-bond donors (Lipinski definition) is 1. The van der Waals surface area contributed by atoms with Gasteiger partial charge in [0, 0.05) is 32.1 Å². The Kier molecular flexibility index (Phi) is 5.15. The summed E-state index contributed by atoms with van der Waals surface area (Å²) in [5.74, 6) is 0.708. The SMILES string of the molecule is CC(C)CNCCN(C)Cc1nn(C)c2ccccc12. The molecule has 0 unspecified atom stereocenters. The van der Waals surface area contributed by atoms with Crippen LogP contribution in [-0.2, 0) is 13.6 Å². The van der Waals surface area contributed by atoms with E-state index in [-0.39, 0.29) is 0 Å². The summed E-state index contributed by atoms with van der Waals surface area (Å²) in [6.07, 6.45) is 0. The van der Waals surface area contributed by atoms with Crippen molar-refractivity contribution in [3.05, 3.63) is 30.0 Å². The second kappa shape index (κ2) is 6.86. The van der Waals surface area contributed by atoms with Crippen LogP contribution in [0.5, 0.6) is 0 Å². The number of nitrogens with one attached hydrogen (secondary N) is 1. The molecule has 0 radical (unpaired) electrons. The fraction of sp³-hybridized carbons (Fsp3) is 0.562. The predicted octanol–water partition coefficient (Wildman–Crippen LogP) is 2.25. The van der Waals surface area contributed by atoms with Crippen LogP contribution in [0.15, 0.2) is 24.3 Å². The maximum Gasteiger partial charge on any atom is 0.0843 e. The minimum absolute atomic E-state index is 0.708. The molecule has 0 spiro atoms. The molecular formula is C16H26N4. The van der Waals surface area contributed by atoms with Gasteiger partial charge >= 0.3 is 0 Å². The zero-order chi connectivity index (χ0) is 14.5. The van der Waals surface area contributed by atoms with E-state index in [4.69, 9.17) is 0 Å². The lowest BCUT2D eigenvalue weighted by Gasteiger charge is -2.16. The third-order valence-corrected chi connectivity index (χ3v) is 3.48. The van der Waals surface area contributed by atoms with E-state index in [2.05, 4.69) is 60.5 Å². The summed E-state index contributed by atoms with van der Waals surface area (Å²) in [5.41, 5.74) is 2.36. The van der Waals surface area contributed by atoms with E-state index in [1.807, 2.05) is 11.7 Å². The van der Waals surface area contributed by atoms with Gasteiger partial charge in [-0.3, -0.25) is 9.58 Å². The quantitative estimate of drug-likeness (QED) is 0.786. The van der Waals surface area contributed by atoms with Gasteiger partial charge in [-0.15, -0.1) is 0 Å². The first-order valence-electron chi connectivity index (χ1n) is 7.38. The Morgan fingerprint density at radius 3 is 2.80 bits per heavy atom. The van der Waals surface area contributed by atoms with Crippen molar-refractivity contribution in [2.45, 2.75) is 20.4 Å². The van der Waals surface area contributed by atoms with E-state index < -0.39 is 0 Å². The van der Waals surface area contributed by atoms with Crippen molar-refractivity contribution in [2.24, 2.45) is 13.0 Å². The Morgan fingerprint density at radius 1 is 1.30 bits per heavy atom. The predicted molar refractivity (Wildman–Crippen MR) is 84.8 cm³/mol. The molecule has 0 aliphatic heterocycles. The third kappa shape index (κ3) is 3.81. The normalized spacial score (nSPS) is 11.9. The lowest BCUT2D eigenvalue weighted by Crippen LogP contribution is -2.31. The van der Waals surface area contributed by atoms with Gasteiger partial charge in [0.2, 0.25) is 0 Å². The van der Waals surface area contributed by atoms with Gasteiger partial charge in [0.05, 0.1) is 11.2 Å². The maximum atomic E-state index is 4.64. The van der Waals surface area contributed by atoms with Crippen molar-refractivity contribution in [2.75, 3.05) is 26.7 Å². The molecule has 4 nitrogen and oxygen atoms in total. The maximum absolute atomic E-state index is 4.64. The standard InChI is InChI=1S/C16H26N4/c1-13(2)11-17-9-10-19(3)12-15-14-7-5-6-8-16(14)20(4)18-15/h5-8,13,17H,9-12H2,1-4H3. The molecule has 0 saturated carbocycles. The van der Waals surface area contributed by atoms with E-state index in [9.17, 15) is 0 Å². The molecule has 1 aromatic heterocycles. The first kappa shape index (κ1) is 15.0. The third-order valence-electron chi connectivity index (χ3n) is 3.48. The summed E-state index contributed by atoms with van der Waals surface area (Å²) in [6.45, 7) is 8.51. The van der Waals surface area contributed by atoms with Crippen LogP contribution < -0.4 is 5.32 Å². The summed E-state index contributed by atoms with van der Waals surface area (Å²) >= 11 is 0. The van der Waals surface area contributed by atoms with Gasteiger partial charge in [-0.2, -0.15) is 5.10 Å². The van der Waals surface area contributed by atoms with Crippen molar-refractivity contribution in [1.82, 2.24) is 20.0 Å². The molecule has 20 heavy (non-hydrogen) atoms. The number of hydrogen-bond acceptors (Lipinski definition) is 3. The van der Waals surface area contributed by atoms with Crippen LogP contribution in [0.1, 0.15) is 19.5 Å². The van der Waals surface area contributed by atoms with Crippen molar-refractivity contribution in [3.63, 3.8) is 0 Å². The number of benzene rings is 1. The summed E-state index contributed by atoms with van der Waals surface area (Å²) in [4.78, 5) is 2.32. The molecule has 110 valence electrons. The summed E-state index contributed by atoms with van der Waals surface area (Å²) in [7, 11) is 4.16. The molecule has 0 atom stereocenters. The second-order valence-electron chi connectivity index (χ2n) is 5.92. The molecular weight excluding hydrogens is 248 g/mol. The van der Waals surface area contributed by atoms with Crippen LogP contribution in [0, 0.1) is 5.92 Å². The number of para-hydroxylation sites is 1. The summed E-state index contributed by atoms with van der Waals surface area (Å²) in [6, 6.07) is 8.42. The van der Waals surface area contributed by atoms with Gasteiger partial charge in [-0.1, -0.05) is 32.0 Å². The van der Waals surface area contributed by atoms with Crippen molar-refractivity contribution < 1.29 is 0 Å². The molecule has 1 N–H and O–H groups in total. The Balaban J connectivity index is 1.91. The van der Waals surface area contributed by atoms with Crippen molar-refractivity contribution in [3.8, 4) is 0 Å². The zero-order valence-electron chi connectivity index (χ0n) is 13.1. The number of aromatic nitrogens is 2. The Bertz CT molecular complexity index is 544. The van der Waals surface area contributed by atoms with Gasteiger partial charge in [0.15, 0.2) is 0 Å². The monoisotopic (exact) mass is 274 g/mol. The highest BCUT2D eigenvalue weighted by molar-refractivity contribution is 5.81. The highest BCUT2D eigenvalue weighted by Gasteiger charge is 2.09. The lowest BCUT2D eigenvalue weighted by molar-refractivity contribution is 0.318. The van der Waals surface area contributed by atoms with Crippen molar-refractivity contribution in [1.29, 1.82) is 0 Å². The molecule has 0 amide bonds. The van der Waals surface area contributed by atoms with Crippen molar-refractivity contribution >= 4 is 10.9 Å².